The second-order valence-corrected chi connectivity index (χ2v) is 4.67. The third-order valence-corrected chi connectivity index (χ3v) is 2.92. The van der Waals surface area contributed by atoms with Gasteiger partial charge in [-0.05, 0) is 26.0 Å². The van der Waals surface area contributed by atoms with Crippen molar-refractivity contribution in [1.29, 1.82) is 0 Å². The van der Waals surface area contributed by atoms with Crippen molar-refractivity contribution in [3.05, 3.63) is 48.5 Å². The Morgan fingerprint density at radius 1 is 1.32 bits per heavy atom. The number of nitrogens with one attached hydrogen (secondary N) is 1. The van der Waals surface area contributed by atoms with Gasteiger partial charge in [-0.3, -0.25) is 4.79 Å². The summed E-state index contributed by atoms with van der Waals surface area (Å²) in [7, 11) is 0. The predicted octanol–water partition coefficient (Wildman–Crippen LogP) is 2.10. The topological polar surface area (TPSA) is 72.9 Å². The highest BCUT2D eigenvalue weighted by Crippen LogP contribution is 2.21. The first-order chi connectivity index (χ1) is 9.09. The lowest BCUT2D eigenvalue weighted by molar-refractivity contribution is -0.119. The van der Waals surface area contributed by atoms with Crippen LogP contribution >= 0.6 is 0 Å². The van der Waals surface area contributed by atoms with E-state index >= 15 is 0 Å². The number of amides is 1. The number of aromatic nitrogens is 2. The maximum absolute atomic E-state index is 11.7. The van der Waals surface area contributed by atoms with E-state index in [0.717, 1.165) is 11.4 Å². The third-order valence-electron chi connectivity index (χ3n) is 2.92. The zero-order valence-electron chi connectivity index (χ0n) is 11.1. The summed E-state index contributed by atoms with van der Waals surface area (Å²) in [5.74, 6) is -0.425. The molecule has 0 saturated heterocycles. The molecule has 0 bridgehead atoms. The molecular formula is C14H18N4O. The van der Waals surface area contributed by atoms with Crippen LogP contribution in [0.3, 0.4) is 0 Å². The average molecular weight is 258 g/mol. The van der Waals surface area contributed by atoms with Crippen molar-refractivity contribution in [2.75, 3.05) is 5.32 Å². The third kappa shape index (κ3) is 2.93. The Hall–Kier alpha value is -2.30. The van der Waals surface area contributed by atoms with Gasteiger partial charge < -0.3 is 15.6 Å². The number of nitrogens with zero attached hydrogens (tertiary/aromatic N) is 2. The van der Waals surface area contributed by atoms with E-state index in [9.17, 15) is 4.79 Å². The van der Waals surface area contributed by atoms with Crippen molar-refractivity contribution in [2.24, 2.45) is 5.73 Å². The van der Waals surface area contributed by atoms with E-state index in [2.05, 4.69) is 10.3 Å². The number of hydrogen-bond acceptors (Lipinski definition) is 3. The molecule has 0 aliphatic heterocycles. The van der Waals surface area contributed by atoms with E-state index < -0.39 is 11.9 Å². The van der Waals surface area contributed by atoms with E-state index in [-0.39, 0.29) is 6.04 Å². The summed E-state index contributed by atoms with van der Waals surface area (Å²) >= 11 is 0. The van der Waals surface area contributed by atoms with Crippen LogP contribution in [0, 0.1) is 0 Å². The van der Waals surface area contributed by atoms with Gasteiger partial charge in [0.2, 0.25) is 5.91 Å². The van der Waals surface area contributed by atoms with Gasteiger partial charge in [-0.25, -0.2) is 4.98 Å². The molecule has 1 unspecified atom stereocenters. The molecule has 19 heavy (non-hydrogen) atoms. The zero-order chi connectivity index (χ0) is 13.8. The number of carbonyl (C=O) groups excluding carboxylic acids is 1. The first kappa shape index (κ1) is 13.1. The largest absolute Gasteiger partial charge is 0.369 e. The summed E-state index contributed by atoms with van der Waals surface area (Å²) in [4.78, 5) is 15.8. The Bertz CT molecular complexity index is 548. The van der Waals surface area contributed by atoms with Crippen LogP contribution in [0.2, 0.25) is 0 Å². The molecule has 0 radical (unpaired) electrons. The summed E-state index contributed by atoms with van der Waals surface area (Å²) in [6, 6.07) is 9.14. The van der Waals surface area contributed by atoms with E-state index in [1.807, 2.05) is 48.7 Å². The number of nitrogens with two attached hydrogens (primary N) is 1. The summed E-state index contributed by atoms with van der Waals surface area (Å²) in [5.41, 5.74) is 7.12. The minimum atomic E-state index is -0.590. The maximum atomic E-state index is 11.7. The van der Waals surface area contributed by atoms with Gasteiger partial charge >= 0.3 is 0 Å². The Morgan fingerprint density at radius 3 is 2.58 bits per heavy atom. The lowest BCUT2D eigenvalue weighted by atomic mass is 10.1. The number of hydrogen-bond donors (Lipinski definition) is 2. The van der Waals surface area contributed by atoms with Crippen molar-refractivity contribution in [2.45, 2.75) is 25.9 Å². The van der Waals surface area contributed by atoms with Crippen LogP contribution in [-0.4, -0.2) is 15.5 Å². The maximum Gasteiger partial charge on any atom is 0.246 e. The number of primary amides is 1. The number of benzene rings is 1. The van der Waals surface area contributed by atoms with E-state index in [0.29, 0.717) is 0 Å². The van der Waals surface area contributed by atoms with Gasteiger partial charge in [0.25, 0.3) is 0 Å². The van der Waals surface area contributed by atoms with Gasteiger partial charge in [0.1, 0.15) is 6.04 Å². The Labute approximate surface area is 112 Å². The van der Waals surface area contributed by atoms with E-state index in [4.69, 9.17) is 5.73 Å². The molecule has 0 aliphatic carbocycles. The van der Waals surface area contributed by atoms with Gasteiger partial charge in [0, 0.05) is 11.7 Å². The molecular weight excluding hydrogens is 240 g/mol. The first-order valence-electron chi connectivity index (χ1n) is 6.22. The minimum Gasteiger partial charge on any atom is -0.369 e. The number of para-hydroxylation sites is 1. The lowest BCUT2D eigenvalue weighted by Crippen LogP contribution is -2.29. The van der Waals surface area contributed by atoms with Crippen molar-refractivity contribution in [1.82, 2.24) is 9.55 Å². The standard InChI is InChI=1S/C14H18N4O/c1-10(2)18-9-16-8-12(18)13(14(15)19)17-11-6-4-3-5-7-11/h3-10,13,17H,1-2H3,(H2,15,19). The number of rotatable bonds is 5. The van der Waals surface area contributed by atoms with Crippen molar-refractivity contribution < 1.29 is 4.79 Å². The number of carbonyl (C=O) groups is 1. The fraction of sp³-hybridized carbons (Fsp3) is 0.286. The molecule has 1 atom stereocenters. The molecule has 0 saturated carbocycles. The van der Waals surface area contributed by atoms with Crippen LogP contribution in [0.4, 0.5) is 5.69 Å². The molecule has 1 heterocycles. The second-order valence-electron chi connectivity index (χ2n) is 4.67. The summed E-state index contributed by atoms with van der Waals surface area (Å²) in [6.45, 7) is 4.07. The highest BCUT2D eigenvalue weighted by molar-refractivity contribution is 5.84. The fourth-order valence-electron chi connectivity index (χ4n) is 1.96. The predicted molar refractivity (Wildman–Crippen MR) is 74.6 cm³/mol. The van der Waals surface area contributed by atoms with Crippen LogP contribution in [0.25, 0.3) is 0 Å². The molecule has 1 aromatic carbocycles. The van der Waals surface area contributed by atoms with Crippen molar-refractivity contribution in [3.8, 4) is 0 Å². The van der Waals surface area contributed by atoms with Crippen LogP contribution in [0.5, 0.6) is 0 Å². The summed E-state index contributed by atoms with van der Waals surface area (Å²) in [6.07, 6.45) is 3.38. The summed E-state index contributed by atoms with van der Waals surface area (Å²) < 4.78 is 1.94. The molecule has 5 heteroatoms. The summed E-state index contributed by atoms with van der Waals surface area (Å²) in [5, 5.41) is 3.14. The SMILES string of the molecule is CC(C)n1cncc1C(Nc1ccccc1)C(N)=O. The van der Waals surface area contributed by atoms with Crippen LogP contribution in [0.15, 0.2) is 42.9 Å². The van der Waals surface area contributed by atoms with E-state index in [1.165, 1.54) is 0 Å². The smallest absolute Gasteiger partial charge is 0.246 e. The van der Waals surface area contributed by atoms with Crippen LogP contribution in [-0.2, 0) is 4.79 Å². The highest BCUT2D eigenvalue weighted by atomic mass is 16.1. The van der Waals surface area contributed by atoms with Gasteiger partial charge in [0.05, 0.1) is 18.2 Å². The molecule has 5 nitrogen and oxygen atoms in total. The molecule has 0 spiro atoms. The molecule has 100 valence electrons. The Balaban J connectivity index is 2.30. The zero-order valence-corrected chi connectivity index (χ0v) is 11.1. The van der Waals surface area contributed by atoms with E-state index in [1.54, 1.807) is 12.5 Å². The van der Waals surface area contributed by atoms with Crippen molar-refractivity contribution in [3.63, 3.8) is 0 Å². The van der Waals surface area contributed by atoms with Gasteiger partial charge in [-0.2, -0.15) is 0 Å². The normalized spacial score (nSPS) is 12.4. The number of imidazole rings is 1. The quantitative estimate of drug-likeness (QED) is 0.862. The van der Waals surface area contributed by atoms with Gasteiger partial charge in [0.15, 0.2) is 0 Å². The fourth-order valence-corrected chi connectivity index (χ4v) is 1.96. The van der Waals surface area contributed by atoms with Crippen LogP contribution < -0.4 is 11.1 Å². The first-order valence-corrected chi connectivity index (χ1v) is 6.22. The van der Waals surface area contributed by atoms with Crippen molar-refractivity contribution >= 4 is 11.6 Å². The molecule has 2 rings (SSSR count). The molecule has 2 aromatic rings. The highest BCUT2D eigenvalue weighted by Gasteiger charge is 2.22. The van der Waals surface area contributed by atoms with Gasteiger partial charge in [-0.15, -0.1) is 0 Å². The second kappa shape index (κ2) is 5.56. The lowest BCUT2D eigenvalue weighted by Gasteiger charge is -2.20. The Morgan fingerprint density at radius 2 is 2.00 bits per heavy atom. The molecule has 3 N–H and O–H groups in total. The number of anilines is 1. The van der Waals surface area contributed by atoms with Gasteiger partial charge in [-0.1, -0.05) is 18.2 Å². The monoisotopic (exact) mass is 258 g/mol. The molecule has 0 fully saturated rings. The van der Waals surface area contributed by atoms with Crippen LogP contribution in [0.1, 0.15) is 31.6 Å². The average Bonchev–Trinajstić information content (AvgIpc) is 2.86. The molecule has 1 amide bonds. The Kier molecular flexibility index (Phi) is 3.85. The minimum absolute atomic E-state index is 0.219. The molecule has 0 aliphatic rings. The molecule has 1 aromatic heterocycles.